The quantitative estimate of drug-likeness (QED) is 0.613. The van der Waals surface area contributed by atoms with Crippen LogP contribution in [0.4, 0.5) is 13.2 Å². The molecule has 3 rings (SSSR count). The normalized spacial score (nSPS) is 19.4. The number of benzene rings is 1. The lowest BCUT2D eigenvalue weighted by atomic mass is 9.82. The Morgan fingerprint density at radius 1 is 1.00 bits per heavy atom. The van der Waals surface area contributed by atoms with Crippen LogP contribution in [0.2, 0.25) is 0 Å². The highest BCUT2D eigenvalue weighted by Crippen LogP contribution is 2.41. The summed E-state index contributed by atoms with van der Waals surface area (Å²) in [5.74, 6) is -6.42. The number of likely N-dealkylation sites (tertiary alicyclic amines) is 1. The molecule has 0 aliphatic carbocycles. The zero-order valence-electron chi connectivity index (χ0n) is 21.2. The molecule has 1 fully saturated rings. The molecule has 0 saturated carbocycles. The second-order valence-corrected chi connectivity index (χ2v) is 11.0. The van der Waals surface area contributed by atoms with Crippen LogP contribution in [-0.2, 0) is 16.2 Å². The Kier molecular flexibility index (Phi) is 7.34. The van der Waals surface area contributed by atoms with Gasteiger partial charge >= 0.3 is 12.2 Å². The fourth-order valence-corrected chi connectivity index (χ4v) is 3.87. The highest BCUT2D eigenvalue weighted by molar-refractivity contribution is 5.93. The van der Waals surface area contributed by atoms with Crippen LogP contribution >= 0.6 is 0 Å². The number of aromatic nitrogens is 3. The second kappa shape index (κ2) is 9.67. The van der Waals surface area contributed by atoms with E-state index in [2.05, 4.69) is 10.1 Å². The van der Waals surface area contributed by atoms with Gasteiger partial charge in [0.1, 0.15) is 6.61 Å². The molecule has 1 aromatic heterocycles. The van der Waals surface area contributed by atoms with Crippen LogP contribution in [0, 0.1) is 16.7 Å². The number of Topliss-reactive ketones (excluding diaryl/α,β-unsaturated/α-hetero) is 1. The molecule has 2 heterocycles. The summed E-state index contributed by atoms with van der Waals surface area (Å²) in [6.45, 7) is 8.37. The van der Waals surface area contributed by atoms with Crippen molar-refractivity contribution in [2.75, 3.05) is 13.1 Å². The average Bonchev–Trinajstić information content (AvgIpc) is 3.18. The molecule has 0 N–H and O–H groups in total. The Labute approximate surface area is 207 Å². The van der Waals surface area contributed by atoms with Gasteiger partial charge in [0.15, 0.2) is 11.6 Å². The van der Waals surface area contributed by atoms with Crippen molar-refractivity contribution < 1.29 is 32.3 Å². The number of rotatable bonds is 4. The van der Waals surface area contributed by atoms with Crippen molar-refractivity contribution in [3.63, 3.8) is 0 Å². The number of ketones is 1. The monoisotopic (exact) mass is 508 g/mol. The minimum Gasteiger partial charge on any atom is -0.458 e. The molecule has 1 amide bonds. The van der Waals surface area contributed by atoms with Crippen LogP contribution in [0.3, 0.4) is 0 Å². The Hall–Kier alpha value is -3.24. The van der Waals surface area contributed by atoms with Gasteiger partial charge in [-0.1, -0.05) is 71.9 Å². The molecule has 0 spiro atoms. The van der Waals surface area contributed by atoms with Crippen LogP contribution in [0.1, 0.15) is 63.6 Å². The molecule has 2 atom stereocenters. The Balaban J connectivity index is 2.01. The summed E-state index contributed by atoms with van der Waals surface area (Å²) in [5, 5.41) is 4.05. The first-order valence-corrected chi connectivity index (χ1v) is 11.6. The van der Waals surface area contributed by atoms with E-state index in [0.29, 0.717) is 0 Å². The number of alkyl halides is 3. The van der Waals surface area contributed by atoms with Crippen LogP contribution < -0.4 is 4.74 Å². The summed E-state index contributed by atoms with van der Waals surface area (Å²) < 4.78 is 49.0. The van der Waals surface area contributed by atoms with Gasteiger partial charge in [-0.2, -0.15) is 18.2 Å². The van der Waals surface area contributed by atoms with Gasteiger partial charge in [0.25, 0.3) is 5.91 Å². The highest BCUT2D eigenvalue weighted by Gasteiger charge is 2.54. The summed E-state index contributed by atoms with van der Waals surface area (Å²) in [4.78, 5) is 43.8. The number of halogens is 3. The highest BCUT2D eigenvalue weighted by atomic mass is 19.4. The number of piperidine rings is 1. The number of carbonyl (C=O) groups is 3. The van der Waals surface area contributed by atoms with Gasteiger partial charge in [-0.15, -0.1) is 9.78 Å². The average molecular weight is 509 g/mol. The van der Waals surface area contributed by atoms with Gasteiger partial charge < -0.3 is 9.64 Å². The Bertz CT molecular complexity index is 1130. The number of hydrogen-bond donors (Lipinski definition) is 0. The van der Waals surface area contributed by atoms with Gasteiger partial charge in [0, 0.05) is 17.4 Å². The third-order valence-electron chi connectivity index (χ3n) is 5.78. The van der Waals surface area contributed by atoms with Crippen molar-refractivity contribution >= 4 is 17.6 Å². The maximum Gasteiger partial charge on any atom is 0.394 e. The van der Waals surface area contributed by atoms with E-state index in [0.717, 1.165) is 15.1 Å². The number of ether oxygens (including phenoxy) is 1. The van der Waals surface area contributed by atoms with Crippen LogP contribution in [0.5, 0.6) is 6.01 Å². The fourth-order valence-electron chi connectivity index (χ4n) is 3.87. The summed E-state index contributed by atoms with van der Waals surface area (Å²) in [6, 6.07) is 8.64. The summed E-state index contributed by atoms with van der Waals surface area (Å²) in [6.07, 6.45) is -4.82. The summed E-state index contributed by atoms with van der Waals surface area (Å²) in [5.41, 5.74) is -1.16. The first kappa shape index (κ1) is 27.3. The first-order chi connectivity index (χ1) is 16.5. The smallest absolute Gasteiger partial charge is 0.394 e. The van der Waals surface area contributed by atoms with Crippen LogP contribution in [0.15, 0.2) is 30.3 Å². The number of amides is 1. The van der Waals surface area contributed by atoms with Crippen molar-refractivity contribution in [3.05, 3.63) is 41.7 Å². The van der Waals surface area contributed by atoms with E-state index < -0.39 is 65.4 Å². The molecule has 196 valence electrons. The van der Waals surface area contributed by atoms with E-state index in [-0.39, 0.29) is 12.6 Å². The topological polar surface area (TPSA) is 94.4 Å². The van der Waals surface area contributed by atoms with E-state index in [1.165, 1.54) is 0 Å². The molecule has 2 unspecified atom stereocenters. The van der Waals surface area contributed by atoms with E-state index in [9.17, 15) is 27.6 Å². The largest absolute Gasteiger partial charge is 0.458 e. The predicted octanol–water partition coefficient (Wildman–Crippen LogP) is 4.26. The Morgan fingerprint density at radius 2 is 1.58 bits per heavy atom. The number of nitrogens with zero attached hydrogens (tertiary/aromatic N) is 4. The number of hydrogen-bond acceptors (Lipinski definition) is 6. The van der Waals surface area contributed by atoms with Crippen LogP contribution in [0.25, 0.3) is 0 Å². The summed E-state index contributed by atoms with van der Waals surface area (Å²) >= 11 is 0. The van der Waals surface area contributed by atoms with Gasteiger partial charge in [-0.3, -0.25) is 14.4 Å². The van der Waals surface area contributed by atoms with Crippen molar-refractivity contribution in [3.8, 4) is 6.01 Å². The molecule has 36 heavy (non-hydrogen) atoms. The van der Waals surface area contributed by atoms with E-state index >= 15 is 0 Å². The summed E-state index contributed by atoms with van der Waals surface area (Å²) in [7, 11) is 0. The van der Waals surface area contributed by atoms with Gasteiger partial charge in [-0.25, -0.2) is 0 Å². The zero-order chi connectivity index (χ0) is 27.1. The van der Waals surface area contributed by atoms with Gasteiger partial charge in [-0.05, 0) is 5.56 Å². The van der Waals surface area contributed by atoms with Gasteiger partial charge in [0.05, 0.1) is 18.4 Å². The zero-order valence-corrected chi connectivity index (χ0v) is 21.2. The molecule has 1 saturated heterocycles. The molecule has 11 heteroatoms. The maximum atomic E-state index is 14.2. The van der Waals surface area contributed by atoms with Crippen LogP contribution in [-0.4, -0.2) is 56.5 Å². The van der Waals surface area contributed by atoms with E-state index in [1.54, 1.807) is 65.8 Å². The minimum absolute atomic E-state index is 0.00836. The fraction of sp³-hybridized carbons (Fsp3) is 0.560. The molecule has 0 bridgehead atoms. The van der Waals surface area contributed by atoms with Crippen molar-refractivity contribution in [1.82, 2.24) is 19.7 Å². The molecule has 1 aliphatic rings. The van der Waals surface area contributed by atoms with E-state index in [1.807, 2.05) is 6.07 Å². The van der Waals surface area contributed by atoms with Crippen molar-refractivity contribution in [2.24, 2.45) is 16.7 Å². The standard InChI is InChI=1S/C25H31F3N4O4/c1-23(2,3)20(34)31-12-16(25(26,27)28)18(17(33)13-31)19-29-22(32(30-19)21(35)24(4,5)6)36-14-15-10-8-7-9-11-15/h7-11,16,18H,12-14H2,1-6H3. The van der Waals surface area contributed by atoms with Crippen molar-refractivity contribution in [2.45, 2.75) is 60.2 Å². The lowest BCUT2D eigenvalue weighted by Crippen LogP contribution is -2.55. The van der Waals surface area contributed by atoms with Crippen molar-refractivity contribution in [1.29, 1.82) is 0 Å². The molecule has 2 aromatic rings. The Morgan fingerprint density at radius 3 is 2.11 bits per heavy atom. The molecular weight excluding hydrogens is 477 g/mol. The van der Waals surface area contributed by atoms with E-state index in [4.69, 9.17) is 4.74 Å². The SMILES string of the molecule is CC(C)(C)C(=O)N1CC(=O)C(c2nc(OCc3ccccc3)n(C(=O)C(C)(C)C)n2)C(C(F)(F)F)C1. The molecule has 8 nitrogen and oxygen atoms in total. The minimum atomic E-state index is -4.82. The lowest BCUT2D eigenvalue weighted by Gasteiger charge is -2.39. The molecule has 0 radical (unpaired) electrons. The third kappa shape index (κ3) is 5.93. The lowest BCUT2D eigenvalue weighted by molar-refractivity contribution is -0.196. The molecule has 1 aliphatic heterocycles. The number of carbonyl (C=O) groups excluding carboxylic acids is 3. The second-order valence-electron chi connectivity index (χ2n) is 11.0. The molecule has 1 aromatic carbocycles. The first-order valence-electron chi connectivity index (χ1n) is 11.6. The maximum absolute atomic E-state index is 14.2. The third-order valence-corrected chi connectivity index (χ3v) is 5.78. The molecular formula is C25H31F3N4O4. The van der Waals surface area contributed by atoms with Gasteiger partial charge in [0.2, 0.25) is 5.91 Å². The predicted molar refractivity (Wildman–Crippen MR) is 124 cm³/mol.